The van der Waals surface area contributed by atoms with Crippen LogP contribution < -0.4 is 5.32 Å². The Hall–Kier alpha value is -1.00. The molecular weight excluding hydrogens is 416 g/mol. The first-order chi connectivity index (χ1) is 12.3. The molecule has 2 aromatic rings. The van der Waals surface area contributed by atoms with Crippen molar-refractivity contribution < 1.29 is 18.8 Å². The van der Waals surface area contributed by atoms with Crippen LogP contribution in [0, 0.1) is 0 Å². The van der Waals surface area contributed by atoms with E-state index in [4.69, 9.17) is 16.3 Å². The second kappa shape index (κ2) is 9.27. The van der Waals surface area contributed by atoms with Crippen LogP contribution in [-0.4, -0.2) is 32.1 Å². The van der Waals surface area contributed by atoms with E-state index >= 15 is 0 Å². The van der Waals surface area contributed by atoms with Gasteiger partial charge < -0.3 is 15.2 Å². The molecule has 0 saturated carbocycles. The van der Waals surface area contributed by atoms with E-state index in [9.17, 15) is 14.1 Å². The number of aromatic nitrogens is 1. The number of thiophene rings is 1. The highest BCUT2D eigenvalue weighted by atomic mass is 35.5. The summed E-state index contributed by atoms with van der Waals surface area (Å²) in [6.07, 6.45) is -0.490. The molecule has 0 aliphatic rings. The fourth-order valence-electron chi connectivity index (χ4n) is 2.06. The van der Waals surface area contributed by atoms with E-state index in [1.54, 1.807) is 12.3 Å². The highest BCUT2D eigenvalue weighted by Crippen LogP contribution is 2.37. The maximum Gasteiger partial charge on any atom is 0.360 e. The van der Waals surface area contributed by atoms with Gasteiger partial charge in [0.05, 0.1) is 37.2 Å². The number of rotatable bonds is 8. The summed E-state index contributed by atoms with van der Waals surface area (Å²) in [5.74, 6) is -0.544. The van der Waals surface area contributed by atoms with Crippen molar-refractivity contribution in [2.75, 3.05) is 11.9 Å². The molecule has 2 aromatic heterocycles. The van der Waals surface area contributed by atoms with E-state index in [0.29, 0.717) is 21.2 Å². The van der Waals surface area contributed by atoms with E-state index in [1.165, 1.54) is 22.7 Å². The van der Waals surface area contributed by atoms with Crippen molar-refractivity contribution in [1.82, 2.24) is 4.98 Å². The molecule has 0 spiro atoms. The van der Waals surface area contributed by atoms with Crippen molar-refractivity contribution in [3.63, 3.8) is 0 Å². The Morgan fingerprint density at radius 2 is 2.15 bits per heavy atom. The summed E-state index contributed by atoms with van der Waals surface area (Å²) < 4.78 is 17.3. The lowest BCUT2D eigenvalue weighted by Gasteiger charge is -2.13. The lowest BCUT2D eigenvalue weighted by Crippen LogP contribution is -2.13. The topological polar surface area (TPSA) is 88.5 Å². The van der Waals surface area contributed by atoms with Crippen molar-refractivity contribution in [2.45, 2.75) is 50.5 Å². The number of hydrogen-bond acceptors (Lipinski definition) is 8. The molecule has 0 aliphatic carbocycles. The number of nitrogens with zero attached hydrogens (tertiary/aromatic N) is 1. The third-order valence-electron chi connectivity index (χ3n) is 3.33. The number of nitrogens with one attached hydrogen (secondary N) is 1. The average Bonchev–Trinajstić information content (AvgIpc) is 3.17. The molecule has 10 heteroatoms. The van der Waals surface area contributed by atoms with E-state index in [-0.39, 0.29) is 22.6 Å². The maximum absolute atomic E-state index is 12.3. The molecule has 6 nitrogen and oxygen atoms in total. The number of ether oxygens (including phenoxy) is 1. The molecule has 0 amide bonds. The van der Waals surface area contributed by atoms with Gasteiger partial charge in [-0.3, -0.25) is 4.21 Å². The van der Waals surface area contributed by atoms with Crippen LogP contribution in [0.3, 0.4) is 0 Å². The predicted octanol–water partition coefficient (Wildman–Crippen LogP) is 4.22. The minimum absolute atomic E-state index is 0.0796. The van der Waals surface area contributed by atoms with Crippen LogP contribution in [0.25, 0.3) is 0 Å². The zero-order chi connectivity index (χ0) is 19.4. The number of aliphatic hydroxyl groups excluding tert-OH is 1. The van der Waals surface area contributed by atoms with Gasteiger partial charge in [0, 0.05) is 10.6 Å². The first-order valence-corrected chi connectivity index (χ1v) is 11.4. The quantitative estimate of drug-likeness (QED) is 0.475. The van der Waals surface area contributed by atoms with Crippen molar-refractivity contribution in [2.24, 2.45) is 0 Å². The van der Waals surface area contributed by atoms with Crippen LogP contribution in [-0.2, 0) is 22.0 Å². The fourth-order valence-corrected chi connectivity index (χ4v) is 5.69. The molecule has 144 valence electrons. The third kappa shape index (κ3) is 4.64. The number of aliphatic hydroxyl groups is 1. The number of carbonyl (C=O) groups is 1. The number of aryl methyl sites for hydroxylation is 1. The highest BCUT2D eigenvalue weighted by molar-refractivity contribution is 7.86. The number of esters is 1. The Kier molecular flexibility index (Phi) is 7.60. The van der Waals surface area contributed by atoms with Gasteiger partial charge >= 0.3 is 5.97 Å². The normalized spacial score (nSPS) is 13.7. The van der Waals surface area contributed by atoms with Gasteiger partial charge in [-0.1, -0.05) is 32.4 Å². The molecule has 0 radical (unpaired) electrons. The first-order valence-electron chi connectivity index (χ1n) is 8.08. The van der Waals surface area contributed by atoms with Crippen molar-refractivity contribution in [3.8, 4) is 0 Å². The van der Waals surface area contributed by atoms with Gasteiger partial charge in [-0.05, 0) is 13.3 Å². The lowest BCUT2D eigenvalue weighted by atomic mass is 10.4. The smallest absolute Gasteiger partial charge is 0.360 e. The van der Waals surface area contributed by atoms with Gasteiger partial charge in [0.25, 0.3) is 0 Å². The molecule has 2 N–H and O–H groups in total. The minimum atomic E-state index is -1.24. The Bertz CT molecular complexity index is 804. The Labute approximate surface area is 168 Å². The summed E-state index contributed by atoms with van der Waals surface area (Å²) >= 11 is 8.82. The number of hydrogen-bond donors (Lipinski definition) is 2. The minimum Gasteiger partial charge on any atom is -0.461 e. The Morgan fingerprint density at radius 3 is 2.73 bits per heavy atom. The van der Waals surface area contributed by atoms with Crippen molar-refractivity contribution in [1.29, 1.82) is 0 Å². The van der Waals surface area contributed by atoms with E-state index in [2.05, 4.69) is 10.3 Å². The van der Waals surface area contributed by atoms with Crippen molar-refractivity contribution >= 4 is 56.0 Å². The lowest BCUT2D eigenvalue weighted by molar-refractivity contribution is 0.0521. The zero-order valence-corrected chi connectivity index (χ0v) is 18.1. The largest absolute Gasteiger partial charge is 0.461 e. The summed E-state index contributed by atoms with van der Waals surface area (Å²) in [5, 5.41) is 16.5. The molecule has 0 saturated heterocycles. The van der Waals surface area contributed by atoms with Gasteiger partial charge in [0.15, 0.2) is 11.9 Å². The second-order valence-corrected chi connectivity index (χ2v) is 9.88. The Morgan fingerprint density at radius 1 is 1.46 bits per heavy atom. The fraction of sp³-hybridized carbons (Fsp3) is 0.500. The van der Waals surface area contributed by atoms with Gasteiger partial charge in [0.2, 0.25) is 0 Å². The number of carbonyl (C=O) groups excluding carboxylic acids is 1. The molecule has 0 aromatic carbocycles. The Balaban J connectivity index is 2.28. The predicted molar refractivity (Wildman–Crippen MR) is 107 cm³/mol. The maximum atomic E-state index is 12.3. The van der Waals surface area contributed by atoms with Gasteiger partial charge in [-0.25, -0.2) is 9.78 Å². The van der Waals surface area contributed by atoms with E-state index < -0.39 is 23.0 Å². The zero-order valence-electron chi connectivity index (χ0n) is 14.9. The molecule has 2 rings (SSSR count). The SMILES string of the molecule is CCOC(=O)c1nc(CC)sc1NC(O)c1scc(S(=O)C(C)C)c1Cl. The summed E-state index contributed by atoms with van der Waals surface area (Å²) in [5.41, 5.74) is 0.145. The van der Waals surface area contributed by atoms with Gasteiger partial charge in [-0.2, -0.15) is 0 Å². The van der Waals surface area contributed by atoms with Crippen LogP contribution in [0.1, 0.15) is 54.3 Å². The number of halogens is 1. The standard InChI is InChI=1S/C16H21ClN2O4S3/c1-5-10-18-12(16(21)23-6-2)15(25-10)19-14(20)13-11(17)9(7-24-13)26(22)8(3)4/h7-8,14,19-20H,5-6H2,1-4H3. The molecular formula is C16H21ClN2O4S3. The molecule has 0 aliphatic heterocycles. The molecule has 2 heterocycles. The van der Waals surface area contributed by atoms with E-state index in [0.717, 1.165) is 5.01 Å². The molecule has 26 heavy (non-hydrogen) atoms. The van der Waals surface area contributed by atoms with Crippen LogP contribution in [0.2, 0.25) is 5.02 Å². The molecule has 2 unspecified atom stereocenters. The van der Waals surface area contributed by atoms with Gasteiger partial charge in [0.1, 0.15) is 5.00 Å². The van der Waals surface area contributed by atoms with Crippen LogP contribution in [0.4, 0.5) is 5.00 Å². The third-order valence-corrected chi connectivity index (χ3v) is 7.89. The highest BCUT2D eigenvalue weighted by Gasteiger charge is 2.25. The van der Waals surface area contributed by atoms with Gasteiger partial charge in [-0.15, -0.1) is 22.7 Å². The molecule has 0 fully saturated rings. The van der Waals surface area contributed by atoms with Crippen LogP contribution >= 0.6 is 34.3 Å². The van der Waals surface area contributed by atoms with Crippen molar-refractivity contribution in [3.05, 3.63) is 26.0 Å². The van der Waals surface area contributed by atoms with E-state index in [1.807, 2.05) is 20.8 Å². The van der Waals surface area contributed by atoms with Crippen LogP contribution in [0.5, 0.6) is 0 Å². The summed E-state index contributed by atoms with van der Waals surface area (Å²) in [4.78, 5) is 17.3. The van der Waals surface area contributed by atoms with Crippen LogP contribution in [0.15, 0.2) is 10.3 Å². The summed E-state index contributed by atoms with van der Waals surface area (Å²) in [6, 6.07) is 0. The average molecular weight is 437 g/mol. The summed E-state index contributed by atoms with van der Waals surface area (Å²) in [6.45, 7) is 7.56. The number of anilines is 1. The summed E-state index contributed by atoms with van der Waals surface area (Å²) in [7, 11) is -1.24. The second-order valence-electron chi connectivity index (χ2n) is 5.53. The number of thiazole rings is 1. The molecule has 2 atom stereocenters. The first kappa shape index (κ1) is 21.3. The molecule has 0 bridgehead atoms. The monoisotopic (exact) mass is 436 g/mol.